The summed E-state index contributed by atoms with van der Waals surface area (Å²) < 4.78 is 0. The molecule has 3 atom stereocenters. The number of aliphatic hydroxyl groups excluding tert-OH is 1. The highest BCUT2D eigenvalue weighted by Crippen LogP contribution is 2.25. The Bertz CT molecular complexity index is 409. The molecule has 1 saturated heterocycles. The fourth-order valence-electron chi connectivity index (χ4n) is 3.35. The molecule has 3 unspecified atom stereocenters. The van der Waals surface area contributed by atoms with Gasteiger partial charge in [0.05, 0.1) is 6.10 Å². The van der Waals surface area contributed by atoms with Gasteiger partial charge in [-0.25, -0.2) is 0 Å². The van der Waals surface area contributed by atoms with E-state index in [1.807, 2.05) is 0 Å². The van der Waals surface area contributed by atoms with Crippen LogP contribution in [0.25, 0.3) is 0 Å². The number of rotatable bonds is 4. The van der Waals surface area contributed by atoms with Crippen LogP contribution < -0.4 is 0 Å². The van der Waals surface area contributed by atoms with Crippen LogP contribution in [0.4, 0.5) is 0 Å². The smallest absolute Gasteiger partial charge is 0.0802 e. The van der Waals surface area contributed by atoms with Gasteiger partial charge in [-0.2, -0.15) is 0 Å². The number of aryl methyl sites for hydroxylation is 2. The van der Waals surface area contributed by atoms with Crippen molar-refractivity contribution in [3.63, 3.8) is 0 Å². The molecule has 0 saturated carbocycles. The van der Waals surface area contributed by atoms with Gasteiger partial charge in [-0.05, 0) is 45.1 Å². The Morgan fingerprint density at radius 2 is 1.84 bits per heavy atom. The Kier molecular flexibility index (Phi) is 4.64. The second kappa shape index (κ2) is 6.06. The zero-order valence-corrected chi connectivity index (χ0v) is 12.7. The molecule has 2 nitrogen and oxygen atoms in total. The van der Waals surface area contributed by atoms with Gasteiger partial charge in [0.1, 0.15) is 0 Å². The Labute approximate surface area is 117 Å². The van der Waals surface area contributed by atoms with Gasteiger partial charge in [0.25, 0.3) is 0 Å². The van der Waals surface area contributed by atoms with E-state index in [-0.39, 0.29) is 6.10 Å². The van der Waals surface area contributed by atoms with E-state index < -0.39 is 0 Å². The first-order valence-corrected chi connectivity index (χ1v) is 7.46. The van der Waals surface area contributed by atoms with Crippen LogP contribution in [-0.4, -0.2) is 29.1 Å². The van der Waals surface area contributed by atoms with E-state index in [1.165, 1.54) is 24.1 Å². The predicted octanol–water partition coefficient (Wildman–Crippen LogP) is 3.46. The molecule has 1 heterocycles. The van der Waals surface area contributed by atoms with Crippen LogP contribution in [-0.2, 0) is 0 Å². The van der Waals surface area contributed by atoms with Crippen LogP contribution in [0.15, 0.2) is 18.2 Å². The number of likely N-dealkylation sites (tertiary alicyclic amines) is 1. The summed E-state index contributed by atoms with van der Waals surface area (Å²) >= 11 is 0. The standard InChI is InChI=1S/C17H27NO/c1-12-7-13(2)10-16(9-12)17(19)5-6-18-11-14(3)8-15(18)4/h7,9-10,14-15,17,19H,5-6,8,11H2,1-4H3. The minimum absolute atomic E-state index is 0.332. The van der Waals surface area contributed by atoms with Crippen molar-refractivity contribution in [3.8, 4) is 0 Å². The summed E-state index contributed by atoms with van der Waals surface area (Å²) in [5.41, 5.74) is 3.53. The van der Waals surface area contributed by atoms with E-state index in [2.05, 4.69) is 50.8 Å². The molecule has 19 heavy (non-hydrogen) atoms. The third-order valence-corrected chi connectivity index (χ3v) is 4.23. The molecule has 0 aliphatic carbocycles. The second-order valence-electron chi connectivity index (χ2n) is 6.41. The zero-order valence-electron chi connectivity index (χ0n) is 12.7. The molecule has 0 spiro atoms. The molecular formula is C17H27NO. The molecule has 2 rings (SSSR count). The van der Waals surface area contributed by atoms with Gasteiger partial charge < -0.3 is 10.0 Å². The maximum Gasteiger partial charge on any atom is 0.0802 e. The highest BCUT2D eigenvalue weighted by Gasteiger charge is 2.26. The number of nitrogens with zero attached hydrogens (tertiary/aromatic N) is 1. The van der Waals surface area contributed by atoms with Crippen molar-refractivity contribution in [3.05, 3.63) is 34.9 Å². The summed E-state index contributed by atoms with van der Waals surface area (Å²) in [6, 6.07) is 7.03. The summed E-state index contributed by atoms with van der Waals surface area (Å²) in [5, 5.41) is 10.4. The van der Waals surface area contributed by atoms with Crippen molar-refractivity contribution >= 4 is 0 Å². The monoisotopic (exact) mass is 261 g/mol. The van der Waals surface area contributed by atoms with Gasteiger partial charge in [-0.15, -0.1) is 0 Å². The van der Waals surface area contributed by atoms with E-state index in [4.69, 9.17) is 0 Å². The molecule has 1 aliphatic heterocycles. The first-order valence-electron chi connectivity index (χ1n) is 7.46. The van der Waals surface area contributed by atoms with E-state index >= 15 is 0 Å². The van der Waals surface area contributed by atoms with Gasteiger partial charge in [-0.1, -0.05) is 36.2 Å². The van der Waals surface area contributed by atoms with Gasteiger partial charge in [0, 0.05) is 19.1 Å². The summed E-state index contributed by atoms with van der Waals surface area (Å²) in [5.74, 6) is 0.799. The van der Waals surface area contributed by atoms with E-state index in [1.54, 1.807) is 0 Å². The van der Waals surface area contributed by atoms with Crippen LogP contribution >= 0.6 is 0 Å². The van der Waals surface area contributed by atoms with E-state index in [0.717, 1.165) is 24.4 Å². The first-order chi connectivity index (χ1) is 8.95. The molecule has 1 aromatic carbocycles. The maximum atomic E-state index is 10.4. The molecule has 2 heteroatoms. The van der Waals surface area contributed by atoms with Crippen LogP contribution in [0, 0.1) is 19.8 Å². The molecule has 0 aromatic heterocycles. The van der Waals surface area contributed by atoms with Crippen molar-refractivity contribution in [2.24, 2.45) is 5.92 Å². The summed E-state index contributed by atoms with van der Waals surface area (Å²) in [6.45, 7) is 11.0. The van der Waals surface area contributed by atoms with Crippen LogP contribution in [0.2, 0.25) is 0 Å². The van der Waals surface area contributed by atoms with E-state index in [0.29, 0.717) is 6.04 Å². The lowest BCUT2D eigenvalue weighted by Gasteiger charge is -2.23. The normalized spacial score (nSPS) is 25.7. The molecule has 0 amide bonds. The molecular weight excluding hydrogens is 234 g/mol. The average Bonchev–Trinajstić information content (AvgIpc) is 2.63. The van der Waals surface area contributed by atoms with Gasteiger partial charge in [0.2, 0.25) is 0 Å². The van der Waals surface area contributed by atoms with Crippen molar-refractivity contribution in [2.75, 3.05) is 13.1 Å². The summed E-state index contributed by atoms with van der Waals surface area (Å²) in [7, 11) is 0. The second-order valence-corrected chi connectivity index (χ2v) is 6.41. The third kappa shape index (κ3) is 3.80. The van der Waals surface area contributed by atoms with Crippen molar-refractivity contribution < 1.29 is 5.11 Å². The Morgan fingerprint density at radius 3 is 2.37 bits per heavy atom. The minimum Gasteiger partial charge on any atom is -0.388 e. The van der Waals surface area contributed by atoms with Crippen molar-refractivity contribution in [1.29, 1.82) is 0 Å². The molecule has 1 fully saturated rings. The third-order valence-electron chi connectivity index (χ3n) is 4.23. The SMILES string of the molecule is Cc1cc(C)cc(C(O)CCN2CC(C)CC2C)c1. The summed E-state index contributed by atoms with van der Waals surface area (Å²) in [6.07, 6.45) is 1.79. The van der Waals surface area contributed by atoms with Gasteiger partial charge in [0.15, 0.2) is 0 Å². The van der Waals surface area contributed by atoms with Crippen molar-refractivity contribution in [2.45, 2.75) is 52.7 Å². The maximum absolute atomic E-state index is 10.4. The Hall–Kier alpha value is -0.860. The minimum atomic E-state index is -0.332. The predicted molar refractivity (Wildman–Crippen MR) is 80.3 cm³/mol. The lowest BCUT2D eigenvalue weighted by Crippen LogP contribution is -2.29. The molecule has 1 aliphatic rings. The highest BCUT2D eigenvalue weighted by molar-refractivity contribution is 5.29. The molecule has 0 bridgehead atoms. The number of hydrogen-bond acceptors (Lipinski definition) is 2. The lowest BCUT2D eigenvalue weighted by atomic mass is 10.0. The molecule has 1 N–H and O–H groups in total. The van der Waals surface area contributed by atoms with Crippen LogP contribution in [0.3, 0.4) is 0 Å². The first kappa shape index (κ1) is 14.5. The topological polar surface area (TPSA) is 23.5 Å². The fraction of sp³-hybridized carbons (Fsp3) is 0.647. The Balaban J connectivity index is 1.92. The lowest BCUT2D eigenvalue weighted by molar-refractivity contribution is 0.139. The molecule has 0 radical (unpaired) electrons. The van der Waals surface area contributed by atoms with Crippen LogP contribution in [0.1, 0.15) is 49.5 Å². The number of benzene rings is 1. The quantitative estimate of drug-likeness (QED) is 0.897. The Morgan fingerprint density at radius 1 is 1.21 bits per heavy atom. The molecule has 1 aromatic rings. The number of hydrogen-bond donors (Lipinski definition) is 1. The summed E-state index contributed by atoms with van der Waals surface area (Å²) in [4.78, 5) is 2.51. The largest absolute Gasteiger partial charge is 0.388 e. The van der Waals surface area contributed by atoms with Gasteiger partial charge >= 0.3 is 0 Å². The van der Waals surface area contributed by atoms with Gasteiger partial charge in [-0.3, -0.25) is 0 Å². The fourth-order valence-corrected chi connectivity index (χ4v) is 3.35. The number of aliphatic hydroxyl groups is 1. The highest BCUT2D eigenvalue weighted by atomic mass is 16.3. The van der Waals surface area contributed by atoms with Crippen molar-refractivity contribution in [1.82, 2.24) is 4.90 Å². The zero-order chi connectivity index (χ0) is 14.0. The van der Waals surface area contributed by atoms with E-state index in [9.17, 15) is 5.11 Å². The average molecular weight is 261 g/mol. The molecule has 106 valence electrons. The van der Waals surface area contributed by atoms with Crippen LogP contribution in [0.5, 0.6) is 0 Å².